The fraction of sp³-hybridized carbons (Fsp3) is 0.500. The molecule has 1 aliphatic rings. The molecule has 2 rings (SSSR count). The molecule has 0 fully saturated rings. The molecular formula is C14H17NO. The highest BCUT2D eigenvalue weighted by atomic mass is 16.3. The molecule has 84 valence electrons. The first-order valence-corrected chi connectivity index (χ1v) is 5.79. The van der Waals surface area contributed by atoms with Gasteiger partial charge < -0.3 is 5.11 Å². The van der Waals surface area contributed by atoms with Crippen molar-refractivity contribution in [1.29, 1.82) is 5.26 Å². The molecule has 1 N–H and O–H groups in total. The SMILES string of the molecule is CCC(C)(O)C1(C#N)CCc2ccccc21. The van der Waals surface area contributed by atoms with Crippen LogP contribution in [0.3, 0.4) is 0 Å². The monoisotopic (exact) mass is 215 g/mol. The minimum atomic E-state index is -0.950. The Morgan fingerprint density at radius 3 is 2.81 bits per heavy atom. The highest BCUT2D eigenvalue weighted by Gasteiger charge is 2.51. The van der Waals surface area contributed by atoms with Crippen molar-refractivity contribution in [3.63, 3.8) is 0 Å². The lowest BCUT2D eigenvalue weighted by Crippen LogP contribution is -2.46. The van der Waals surface area contributed by atoms with Crippen molar-refractivity contribution >= 4 is 0 Å². The summed E-state index contributed by atoms with van der Waals surface area (Å²) in [5.74, 6) is 0. The van der Waals surface area contributed by atoms with Crippen molar-refractivity contribution in [3.8, 4) is 6.07 Å². The maximum atomic E-state index is 10.5. The Morgan fingerprint density at radius 1 is 1.50 bits per heavy atom. The molecule has 0 radical (unpaired) electrons. The predicted molar refractivity (Wildman–Crippen MR) is 63.0 cm³/mol. The third kappa shape index (κ3) is 1.28. The number of aliphatic hydroxyl groups is 1. The summed E-state index contributed by atoms with van der Waals surface area (Å²) in [6.45, 7) is 3.71. The van der Waals surface area contributed by atoms with Gasteiger partial charge in [0.2, 0.25) is 0 Å². The second-order valence-electron chi connectivity index (χ2n) is 4.80. The summed E-state index contributed by atoms with van der Waals surface area (Å²) < 4.78 is 0. The molecule has 0 heterocycles. The van der Waals surface area contributed by atoms with Crippen molar-refractivity contribution in [2.24, 2.45) is 0 Å². The zero-order valence-electron chi connectivity index (χ0n) is 9.83. The van der Waals surface area contributed by atoms with E-state index < -0.39 is 11.0 Å². The Kier molecular flexibility index (Phi) is 2.52. The number of hydrogen-bond donors (Lipinski definition) is 1. The van der Waals surface area contributed by atoms with Gasteiger partial charge in [0.05, 0.1) is 11.7 Å². The highest BCUT2D eigenvalue weighted by molar-refractivity contribution is 5.47. The predicted octanol–water partition coefficient (Wildman–Crippen LogP) is 2.56. The van der Waals surface area contributed by atoms with Gasteiger partial charge in [-0.25, -0.2) is 0 Å². The summed E-state index contributed by atoms with van der Waals surface area (Å²) in [5, 5.41) is 20.0. The molecule has 1 aromatic carbocycles. The van der Waals surface area contributed by atoms with Crippen LogP contribution < -0.4 is 0 Å². The van der Waals surface area contributed by atoms with Crippen molar-refractivity contribution in [1.82, 2.24) is 0 Å². The topological polar surface area (TPSA) is 44.0 Å². The Bertz CT molecular complexity index is 444. The van der Waals surface area contributed by atoms with E-state index in [9.17, 15) is 10.4 Å². The third-order valence-corrected chi connectivity index (χ3v) is 4.05. The molecule has 0 aromatic heterocycles. The smallest absolute Gasteiger partial charge is 0.111 e. The second kappa shape index (κ2) is 3.61. The van der Waals surface area contributed by atoms with Gasteiger partial charge >= 0.3 is 0 Å². The fourth-order valence-electron chi connectivity index (χ4n) is 2.71. The molecule has 2 heteroatoms. The largest absolute Gasteiger partial charge is 0.388 e. The van der Waals surface area contributed by atoms with E-state index in [1.807, 2.05) is 25.1 Å². The molecule has 0 saturated heterocycles. The molecule has 0 bridgehead atoms. The van der Waals surface area contributed by atoms with Crippen LogP contribution in [-0.4, -0.2) is 10.7 Å². The van der Waals surface area contributed by atoms with E-state index in [1.54, 1.807) is 6.92 Å². The lowest BCUT2D eigenvalue weighted by molar-refractivity contribution is -0.00265. The highest BCUT2D eigenvalue weighted by Crippen LogP contribution is 2.47. The lowest BCUT2D eigenvalue weighted by atomic mass is 9.68. The molecule has 1 aromatic rings. The number of nitriles is 1. The van der Waals surface area contributed by atoms with E-state index in [-0.39, 0.29) is 0 Å². The van der Waals surface area contributed by atoms with Gasteiger partial charge in [-0.3, -0.25) is 0 Å². The summed E-state index contributed by atoms with van der Waals surface area (Å²) in [6, 6.07) is 10.4. The number of fused-ring (bicyclic) bond motifs is 1. The zero-order valence-corrected chi connectivity index (χ0v) is 9.83. The van der Waals surface area contributed by atoms with Gasteiger partial charge in [0.25, 0.3) is 0 Å². The average molecular weight is 215 g/mol. The molecule has 1 aliphatic carbocycles. The van der Waals surface area contributed by atoms with Crippen LogP contribution >= 0.6 is 0 Å². The van der Waals surface area contributed by atoms with Gasteiger partial charge in [0.15, 0.2) is 0 Å². The van der Waals surface area contributed by atoms with E-state index >= 15 is 0 Å². The molecule has 2 nitrogen and oxygen atoms in total. The molecule has 0 aliphatic heterocycles. The quantitative estimate of drug-likeness (QED) is 0.824. The van der Waals surface area contributed by atoms with Crippen molar-refractivity contribution in [3.05, 3.63) is 35.4 Å². The third-order valence-electron chi connectivity index (χ3n) is 4.05. The first-order valence-electron chi connectivity index (χ1n) is 5.79. The van der Waals surface area contributed by atoms with E-state index in [0.717, 1.165) is 18.4 Å². The molecular weight excluding hydrogens is 198 g/mol. The number of benzene rings is 1. The molecule has 0 spiro atoms. The molecule has 2 unspecified atom stereocenters. The van der Waals surface area contributed by atoms with Crippen LogP contribution in [-0.2, 0) is 11.8 Å². The zero-order chi connectivity index (χ0) is 11.8. The van der Waals surface area contributed by atoms with Crippen LogP contribution in [0, 0.1) is 11.3 Å². The van der Waals surface area contributed by atoms with Crippen LogP contribution in [0.2, 0.25) is 0 Å². The standard InChI is InChI=1S/C14H17NO/c1-3-13(2,16)14(10-15)9-8-11-6-4-5-7-12(11)14/h4-7,16H,3,8-9H2,1-2H3. The Hall–Kier alpha value is -1.33. The maximum absolute atomic E-state index is 10.5. The first-order chi connectivity index (χ1) is 7.57. The summed E-state index contributed by atoms with van der Waals surface area (Å²) >= 11 is 0. The Labute approximate surface area is 96.5 Å². The number of aryl methyl sites for hydroxylation is 1. The number of nitrogens with zero attached hydrogens (tertiary/aromatic N) is 1. The van der Waals surface area contributed by atoms with Crippen LogP contribution in [0.1, 0.15) is 37.8 Å². The second-order valence-corrected chi connectivity index (χ2v) is 4.80. The van der Waals surface area contributed by atoms with Crippen LogP contribution in [0.5, 0.6) is 0 Å². The maximum Gasteiger partial charge on any atom is 0.111 e. The van der Waals surface area contributed by atoms with Gasteiger partial charge in [-0.15, -0.1) is 0 Å². The summed E-state index contributed by atoms with van der Waals surface area (Å²) in [7, 11) is 0. The number of hydrogen-bond acceptors (Lipinski definition) is 2. The van der Waals surface area contributed by atoms with Gasteiger partial charge in [-0.1, -0.05) is 31.2 Å². The van der Waals surface area contributed by atoms with E-state index in [4.69, 9.17) is 0 Å². The van der Waals surface area contributed by atoms with E-state index in [1.165, 1.54) is 5.56 Å². The Morgan fingerprint density at radius 2 is 2.19 bits per heavy atom. The normalized spacial score (nSPS) is 26.9. The van der Waals surface area contributed by atoms with Crippen molar-refractivity contribution in [2.75, 3.05) is 0 Å². The van der Waals surface area contributed by atoms with Gasteiger partial charge in [0.1, 0.15) is 5.41 Å². The minimum Gasteiger partial charge on any atom is -0.388 e. The lowest BCUT2D eigenvalue weighted by Gasteiger charge is -2.37. The van der Waals surface area contributed by atoms with Crippen LogP contribution in [0.4, 0.5) is 0 Å². The fourth-order valence-corrected chi connectivity index (χ4v) is 2.71. The summed E-state index contributed by atoms with van der Waals surface area (Å²) in [6.07, 6.45) is 2.21. The van der Waals surface area contributed by atoms with Crippen LogP contribution in [0.15, 0.2) is 24.3 Å². The minimum absolute atomic E-state index is 0.592. The molecule has 16 heavy (non-hydrogen) atoms. The average Bonchev–Trinajstić information content (AvgIpc) is 2.69. The van der Waals surface area contributed by atoms with E-state index in [2.05, 4.69) is 12.1 Å². The first kappa shape index (κ1) is 11.2. The Balaban J connectivity index is 2.60. The summed E-state index contributed by atoms with van der Waals surface area (Å²) in [5.41, 5.74) is 0.550. The van der Waals surface area contributed by atoms with Gasteiger partial charge in [0, 0.05) is 0 Å². The summed E-state index contributed by atoms with van der Waals surface area (Å²) in [4.78, 5) is 0. The van der Waals surface area contributed by atoms with Gasteiger partial charge in [-0.2, -0.15) is 5.26 Å². The number of rotatable bonds is 2. The van der Waals surface area contributed by atoms with Crippen molar-refractivity contribution < 1.29 is 5.11 Å². The molecule has 0 saturated carbocycles. The molecule has 0 amide bonds. The van der Waals surface area contributed by atoms with Crippen LogP contribution in [0.25, 0.3) is 0 Å². The van der Waals surface area contributed by atoms with Crippen molar-refractivity contribution in [2.45, 2.75) is 44.1 Å². The van der Waals surface area contributed by atoms with E-state index in [0.29, 0.717) is 6.42 Å². The van der Waals surface area contributed by atoms with Gasteiger partial charge in [-0.05, 0) is 37.3 Å². The molecule has 2 atom stereocenters.